The molecule has 0 N–H and O–H groups in total. The number of nitro benzene ring substituents is 1. The van der Waals surface area contributed by atoms with Gasteiger partial charge in [-0.25, -0.2) is 4.98 Å². The third-order valence-electron chi connectivity index (χ3n) is 3.13. The average Bonchev–Trinajstić information content (AvgIpc) is 2.97. The minimum atomic E-state index is -0.457. The zero-order chi connectivity index (χ0) is 15.4. The summed E-state index contributed by atoms with van der Waals surface area (Å²) in [6, 6.07) is 4.57. The number of nitrogens with zero attached hydrogens (tertiary/aromatic N) is 3. The van der Waals surface area contributed by atoms with E-state index in [4.69, 9.17) is 0 Å². The van der Waals surface area contributed by atoms with Crippen molar-refractivity contribution < 1.29 is 9.72 Å². The van der Waals surface area contributed by atoms with Crippen molar-refractivity contribution in [2.75, 3.05) is 18.5 Å². The second kappa shape index (κ2) is 6.45. The number of carbonyl (C=O) groups excluding carboxylic acids is 1. The van der Waals surface area contributed by atoms with Gasteiger partial charge in [0.05, 0.1) is 9.93 Å². The molecule has 1 aromatic carbocycles. The van der Waals surface area contributed by atoms with Crippen molar-refractivity contribution in [1.82, 2.24) is 4.98 Å². The van der Waals surface area contributed by atoms with Crippen LogP contribution in [0.4, 0.5) is 11.4 Å². The molecule has 1 heterocycles. The van der Waals surface area contributed by atoms with Crippen LogP contribution in [0.3, 0.4) is 0 Å². The monoisotopic (exact) mass is 305 g/mol. The van der Waals surface area contributed by atoms with Crippen molar-refractivity contribution in [3.63, 3.8) is 0 Å². The SMILES string of the molecule is CC(=O)c1ccc(N(C)CCc2nccs2)c([N+](=O)[O-])c1. The molecule has 0 fully saturated rings. The Morgan fingerprint density at radius 2 is 2.24 bits per heavy atom. The molecule has 0 unspecified atom stereocenters. The summed E-state index contributed by atoms with van der Waals surface area (Å²) in [5, 5.41) is 14.1. The van der Waals surface area contributed by atoms with Gasteiger partial charge in [-0.2, -0.15) is 0 Å². The molecule has 21 heavy (non-hydrogen) atoms. The maximum atomic E-state index is 11.3. The predicted molar refractivity (Wildman–Crippen MR) is 82.2 cm³/mol. The van der Waals surface area contributed by atoms with E-state index in [-0.39, 0.29) is 11.5 Å². The van der Waals surface area contributed by atoms with Gasteiger partial charge in [-0.1, -0.05) is 0 Å². The molecular weight excluding hydrogens is 290 g/mol. The fraction of sp³-hybridized carbons (Fsp3) is 0.286. The minimum absolute atomic E-state index is 0.0515. The largest absolute Gasteiger partial charge is 0.369 e. The van der Waals surface area contributed by atoms with E-state index in [0.717, 1.165) is 11.4 Å². The van der Waals surface area contributed by atoms with E-state index in [1.165, 1.54) is 13.0 Å². The van der Waals surface area contributed by atoms with Crippen LogP contribution in [0.1, 0.15) is 22.3 Å². The van der Waals surface area contributed by atoms with Gasteiger partial charge in [0.25, 0.3) is 5.69 Å². The molecule has 0 aliphatic carbocycles. The van der Waals surface area contributed by atoms with Crippen molar-refractivity contribution in [2.45, 2.75) is 13.3 Å². The second-order valence-electron chi connectivity index (χ2n) is 4.61. The van der Waals surface area contributed by atoms with Gasteiger partial charge in [-0.3, -0.25) is 14.9 Å². The van der Waals surface area contributed by atoms with Crippen LogP contribution < -0.4 is 4.90 Å². The van der Waals surface area contributed by atoms with Crippen molar-refractivity contribution in [3.05, 3.63) is 50.5 Å². The van der Waals surface area contributed by atoms with Gasteiger partial charge >= 0.3 is 0 Å². The number of aromatic nitrogens is 1. The van der Waals surface area contributed by atoms with Crippen LogP contribution in [0, 0.1) is 10.1 Å². The van der Waals surface area contributed by atoms with E-state index in [1.807, 2.05) is 10.3 Å². The molecule has 0 bridgehead atoms. The van der Waals surface area contributed by atoms with Crippen molar-refractivity contribution in [2.24, 2.45) is 0 Å². The van der Waals surface area contributed by atoms with Crippen LogP contribution in [0.15, 0.2) is 29.8 Å². The summed E-state index contributed by atoms with van der Waals surface area (Å²) < 4.78 is 0. The Balaban J connectivity index is 2.21. The normalized spacial score (nSPS) is 10.4. The maximum Gasteiger partial charge on any atom is 0.293 e. The first kappa shape index (κ1) is 15.1. The molecule has 0 saturated carbocycles. The molecular formula is C14H15N3O3S. The van der Waals surface area contributed by atoms with Crippen molar-refractivity contribution in [3.8, 4) is 0 Å². The molecule has 7 heteroatoms. The Labute approximate surface area is 126 Å². The van der Waals surface area contributed by atoms with E-state index in [1.54, 1.807) is 36.7 Å². The fourth-order valence-corrected chi connectivity index (χ4v) is 2.58. The molecule has 0 atom stereocenters. The summed E-state index contributed by atoms with van der Waals surface area (Å²) in [6.45, 7) is 2.01. The molecule has 0 aliphatic rings. The summed E-state index contributed by atoms with van der Waals surface area (Å²) in [5.41, 5.74) is 0.796. The Hall–Kier alpha value is -2.28. The molecule has 0 radical (unpaired) electrons. The van der Waals surface area contributed by atoms with Gasteiger partial charge in [0.2, 0.25) is 0 Å². The summed E-state index contributed by atoms with van der Waals surface area (Å²) in [4.78, 5) is 28.1. The molecule has 2 rings (SSSR count). The summed E-state index contributed by atoms with van der Waals surface area (Å²) in [6.07, 6.45) is 2.46. The van der Waals surface area contributed by atoms with Crippen molar-refractivity contribution in [1.29, 1.82) is 0 Å². The van der Waals surface area contributed by atoms with Gasteiger partial charge in [0.1, 0.15) is 5.69 Å². The average molecular weight is 305 g/mol. The lowest BCUT2D eigenvalue weighted by Gasteiger charge is -2.18. The number of Topliss-reactive ketones (excluding diaryl/α,β-unsaturated/α-hetero) is 1. The molecule has 0 spiro atoms. The van der Waals surface area contributed by atoms with Crippen LogP contribution in [-0.4, -0.2) is 29.3 Å². The highest BCUT2D eigenvalue weighted by atomic mass is 32.1. The molecule has 110 valence electrons. The summed E-state index contributed by atoms with van der Waals surface area (Å²) in [7, 11) is 1.80. The van der Waals surface area contributed by atoms with Crippen LogP contribution >= 0.6 is 11.3 Å². The lowest BCUT2D eigenvalue weighted by atomic mass is 10.1. The highest BCUT2D eigenvalue weighted by Gasteiger charge is 2.19. The van der Waals surface area contributed by atoms with Crippen LogP contribution in [-0.2, 0) is 6.42 Å². The van der Waals surface area contributed by atoms with Crippen LogP contribution in [0.2, 0.25) is 0 Å². The second-order valence-corrected chi connectivity index (χ2v) is 5.59. The minimum Gasteiger partial charge on any atom is -0.369 e. The zero-order valence-electron chi connectivity index (χ0n) is 11.8. The number of anilines is 1. The maximum absolute atomic E-state index is 11.3. The smallest absolute Gasteiger partial charge is 0.293 e. The molecule has 0 amide bonds. The van der Waals surface area contributed by atoms with Gasteiger partial charge < -0.3 is 4.90 Å². The first-order chi connectivity index (χ1) is 9.99. The molecule has 0 aliphatic heterocycles. The van der Waals surface area contributed by atoms with Crippen LogP contribution in [0.5, 0.6) is 0 Å². The fourth-order valence-electron chi connectivity index (χ4n) is 1.97. The van der Waals surface area contributed by atoms with Gasteiger partial charge in [0.15, 0.2) is 5.78 Å². The number of rotatable bonds is 6. The number of hydrogen-bond donors (Lipinski definition) is 0. The number of carbonyl (C=O) groups is 1. The standard InChI is InChI=1S/C14H15N3O3S/c1-10(18)11-3-4-12(13(9-11)17(19)20)16(2)7-5-14-15-6-8-21-14/h3-4,6,8-9H,5,7H2,1-2H3. The third kappa shape index (κ3) is 3.63. The number of nitro groups is 1. The lowest BCUT2D eigenvalue weighted by molar-refractivity contribution is -0.384. The van der Waals surface area contributed by atoms with Gasteiger partial charge in [-0.05, 0) is 19.1 Å². The quantitative estimate of drug-likeness (QED) is 0.466. The summed E-state index contributed by atoms with van der Waals surface area (Å²) >= 11 is 1.56. The number of likely N-dealkylation sites (N-methyl/N-ethyl adjacent to an activating group) is 1. The van der Waals surface area contributed by atoms with E-state index in [2.05, 4.69) is 4.98 Å². The van der Waals surface area contributed by atoms with Gasteiger partial charge in [0, 0.05) is 43.2 Å². The topological polar surface area (TPSA) is 76.3 Å². The first-order valence-corrected chi connectivity index (χ1v) is 7.26. The molecule has 0 saturated heterocycles. The van der Waals surface area contributed by atoms with Crippen molar-refractivity contribution >= 4 is 28.5 Å². The predicted octanol–water partition coefficient (Wildman–Crippen LogP) is 2.93. The van der Waals surface area contributed by atoms with E-state index < -0.39 is 4.92 Å². The lowest BCUT2D eigenvalue weighted by Crippen LogP contribution is -2.21. The first-order valence-electron chi connectivity index (χ1n) is 6.38. The van der Waals surface area contributed by atoms with E-state index in [9.17, 15) is 14.9 Å². The highest BCUT2D eigenvalue weighted by molar-refractivity contribution is 7.09. The third-order valence-corrected chi connectivity index (χ3v) is 3.97. The number of ketones is 1. The number of thiazole rings is 1. The Bertz CT molecular complexity index is 655. The molecule has 2 aromatic rings. The molecule has 1 aromatic heterocycles. The molecule has 6 nitrogen and oxygen atoms in total. The number of benzene rings is 1. The van der Waals surface area contributed by atoms with E-state index in [0.29, 0.717) is 17.8 Å². The highest BCUT2D eigenvalue weighted by Crippen LogP contribution is 2.28. The van der Waals surface area contributed by atoms with Crippen LogP contribution in [0.25, 0.3) is 0 Å². The van der Waals surface area contributed by atoms with Gasteiger partial charge in [-0.15, -0.1) is 11.3 Å². The Morgan fingerprint density at radius 1 is 1.48 bits per heavy atom. The number of hydrogen-bond acceptors (Lipinski definition) is 6. The zero-order valence-corrected chi connectivity index (χ0v) is 12.6. The Kier molecular flexibility index (Phi) is 4.64. The van der Waals surface area contributed by atoms with E-state index >= 15 is 0 Å². The summed E-state index contributed by atoms with van der Waals surface area (Å²) in [5.74, 6) is -0.185. The Morgan fingerprint density at radius 3 is 2.81 bits per heavy atom.